The number of rotatable bonds is 8. The van der Waals surface area contributed by atoms with Gasteiger partial charge in [-0.15, -0.1) is 24.8 Å². The highest BCUT2D eigenvalue weighted by Crippen LogP contribution is 2.03. The summed E-state index contributed by atoms with van der Waals surface area (Å²) in [6.45, 7) is 3.34. The molecule has 0 amide bonds. The molecule has 1 atom stereocenters. The first-order valence-electron chi connectivity index (χ1n) is 5.93. The summed E-state index contributed by atoms with van der Waals surface area (Å²) in [6, 6.07) is -0.866. The molecule has 0 radical (unpaired) electrons. The molecule has 0 unspecified atom stereocenters. The van der Waals surface area contributed by atoms with Crippen molar-refractivity contribution in [2.24, 2.45) is 10.9 Å². The van der Waals surface area contributed by atoms with Crippen LogP contribution in [0.5, 0.6) is 0 Å². The van der Waals surface area contributed by atoms with Crippen molar-refractivity contribution in [3.05, 3.63) is 0 Å². The fourth-order valence-electron chi connectivity index (χ4n) is 1.34. The lowest BCUT2D eigenvalue weighted by molar-refractivity contribution is -0.144. The Morgan fingerprint density at radius 1 is 1.29 bits per heavy atom. The highest BCUT2D eigenvalue weighted by Gasteiger charge is 2.12. The van der Waals surface area contributed by atoms with E-state index in [1.165, 1.54) is 6.92 Å². The molecular formula is C11H23Cl2N3O5. The smallest absolute Gasteiger partial charge is 0.320 e. The number of carboxylic acid groups (broad SMARTS) is 1. The minimum absolute atomic E-state index is 0. The van der Waals surface area contributed by atoms with E-state index in [0.717, 1.165) is 0 Å². The summed E-state index contributed by atoms with van der Waals surface area (Å²) in [5.74, 6) is -1.13. The number of nitrogens with zero attached hydrogens (tertiary/aromatic N) is 2. The number of oxime groups is 1. The summed E-state index contributed by atoms with van der Waals surface area (Å²) in [4.78, 5) is 22.8. The molecule has 0 saturated heterocycles. The van der Waals surface area contributed by atoms with Crippen LogP contribution >= 0.6 is 24.8 Å². The molecule has 21 heavy (non-hydrogen) atoms. The molecule has 0 rings (SSSR count). The minimum Gasteiger partial charge on any atom is -0.480 e. The van der Waals surface area contributed by atoms with Crippen LogP contribution in [0.4, 0.5) is 0 Å². The summed E-state index contributed by atoms with van der Waals surface area (Å²) in [5.41, 5.74) is 5.37. The second kappa shape index (κ2) is 13.7. The number of halogens is 2. The molecule has 0 aliphatic rings. The van der Waals surface area contributed by atoms with Gasteiger partial charge in [0.2, 0.25) is 0 Å². The van der Waals surface area contributed by atoms with Gasteiger partial charge in [-0.1, -0.05) is 5.16 Å². The second-order valence-corrected chi connectivity index (χ2v) is 4.12. The van der Waals surface area contributed by atoms with E-state index in [2.05, 4.69) is 5.16 Å². The van der Waals surface area contributed by atoms with Gasteiger partial charge in [-0.25, -0.2) is 0 Å². The molecule has 4 N–H and O–H groups in total. The molecule has 0 heterocycles. The number of nitrogens with two attached hydrogens (primary N) is 1. The summed E-state index contributed by atoms with van der Waals surface area (Å²) >= 11 is 0. The SMILES string of the molecule is CC(=O)OCN(CCCC[C@H](N)C(=O)O)/C(C)=N/O.Cl.Cl. The number of hydrogen-bond donors (Lipinski definition) is 3. The summed E-state index contributed by atoms with van der Waals surface area (Å²) in [7, 11) is 0. The van der Waals surface area contributed by atoms with Gasteiger partial charge in [0.25, 0.3) is 0 Å². The van der Waals surface area contributed by atoms with Crippen molar-refractivity contribution >= 4 is 42.6 Å². The zero-order chi connectivity index (χ0) is 14.8. The highest BCUT2D eigenvalue weighted by atomic mass is 35.5. The molecule has 0 spiro atoms. The summed E-state index contributed by atoms with van der Waals surface area (Å²) < 4.78 is 4.82. The topological polar surface area (TPSA) is 125 Å². The van der Waals surface area contributed by atoms with E-state index in [9.17, 15) is 9.59 Å². The van der Waals surface area contributed by atoms with Gasteiger partial charge >= 0.3 is 11.9 Å². The quantitative estimate of drug-likeness (QED) is 0.114. The van der Waals surface area contributed by atoms with Gasteiger partial charge in [-0.3, -0.25) is 9.59 Å². The third-order valence-corrected chi connectivity index (χ3v) is 2.54. The average molecular weight is 348 g/mol. The Hall–Kier alpha value is -1.25. The van der Waals surface area contributed by atoms with E-state index in [0.29, 0.717) is 31.6 Å². The number of carbonyl (C=O) groups excluding carboxylic acids is 1. The van der Waals surface area contributed by atoms with Crippen molar-refractivity contribution in [2.75, 3.05) is 13.3 Å². The Labute approximate surface area is 136 Å². The van der Waals surface area contributed by atoms with Crippen molar-refractivity contribution in [3.63, 3.8) is 0 Å². The van der Waals surface area contributed by atoms with Crippen molar-refractivity contribution in [1.82, 2.24) is 4.90 Å². The number of aliphatic carboxylic acids is 1. The summed E-state index contributed by atoms with van der Waals surface area (Å²) in [6.07, 6.45) is 1.63. The standard InChI is InChI=1S/C11H21N3O5.2ClH/c1-8(13-18)14(7-19-9(2)15)6-4-3-5-10(12)11(16)17;;/h10,18H,3-7,12H2,1-2H3,(H,16,17);2*1H/b13-8+;;/t10-;;/m0../s1. The van der Waals surface area contributed by atoms with Crippen LogP contribution in [0.2, 0.25) is 0 Å². The minimum atomic E-state index is -1.02. The first-order valence-corrected chi connectivity index (χ1v) is 5.93. The average Bonchev–Trinajstić information content (AvgIpc) is 2.36. The molecule has 0 aliphatic heterocycles. The number of carbonyl (C=O) groups is 2. The molecule has 126 valence electrons. The Morgan fingerprint density at radius 3 is 2.29 bits per heavy atom. The maximum atomic E-state index is 10.7. The van der Waals surface area contributed by atoms with Crippen molar-refractivity contribution in [3.8, 4) is 0 Å². The molecule has 10 heteroatoms. The Morgan fingerprint density at radius 2 is 1.86 bits per heavy atom. The fourth-order valence-corrected chi connectivity index (χ4v) is 1.34. The molecule has 0 bridgehead atoms. The van der Waals surface area contributed by atoms with E-state index >= 15 is 0 Å². The van der Waals surface area contributed by atoms with Crippen LogP contribution in [0.1, 0.15) is 33.1 Å². The number of esters is 1. The van der Waals surface area contributed by atoms with Crippen molar-refractivity contribution in [2.45, 2.75) is 39.2 Å². The van der Waals surface area contributed by atoms with Gasteiger partial charge in [0.15, 0.2) is 6.73 Å². The Bertz CT molecular complexity index is 342. The van der Waals surface area contributed by atoms with Crippen LogP contribution in [0.15, 0.2) is 5.16 Å². The number of unbranched alkanes of at least 4 members (excludes halogenated alkanes) is 1. The zero-order valence-corrected chi connectivity index (χ0v) is 13.7. The zero-order valence-electron chi connectivity index (χ0n) is 12.0. The first kappa shape index (κ1) is 24.7. The predicted molar refractivity (Wildman–Crippen MR) is 82.2 cm³/mol. The van der Waals surface area contributed by atoms with Gasteiger partial charge < -0.3 is 25.7 Å². The lowest BCUT2D eigenvalue weighted by Gasteiger charge is -2.22. The lowest BCUT2D eigenvalue weighted by atomic mass is 10.1. The van der Waals surface area contributed by atoms with E-state index in [1.54, 1.807) is 11.8 Å². The van der Waals surface area contributed by atoms with Gasteiger partial charge in [-0.05, 0) is 26.2 Å². The molecule has 0 saturated carbocycles. The molecule has 0 aromatic carbocycles. The van der Waals surface area contributed by atoms with Gasteiger partial charge in [0, 0.05) is 13.5 Å². The maximum Gasteiger partial charge on any atom is 0.320 e. The molecule has 0 aromatic heterocycles. The van der Waals surface area contributed by atoms with Crippen LogP contribution < -0.4 is 5.73 Å². The monoisotopic (exact) mass is 347 g/mol. The highest BCUT2D eigenvalue weighted by molar-refractivity contribution is 5.85. The first-order chi connectivity index (χ1) is 8.88. The van der Waals surface area contributed by atoms with Crippen LogP contribution in [-0.2, 0) is 14.3 Å². The molecule has 0 aromatic rings. The van der Waals surface area contributed by atoms with E-state index in [1.807, 2.05) is 0 Å². The predicted octanol–water partition coefficient (Wildman–Crippen LogP) is 1.04. The third kappa shape index (κ3) is 12.2. The van der Waals surface area contributed by atoms with Crippen LogP contribution in [0.3, 0.4) is 0 Å². The van der Waals surface area contributed by atoms with E-state index in [-0.39, 0.29) is 31.5 Å². The second-order valence-electron chi connectivity index (χ2n) is 4.12. The van der Waals surface area contributed by atoms with E-state index in [4.69, 9.17) is 20.8 Å². The lowest BCUT2D eigenvalue weighted by Crippen LogP contribution is -2.34. The third-order valence-electron chi connectivity index (χ3n) is 2.54. The van der Waals surface area contributed by atoms with Gasteiger partial charge in [-0.2, -0.15) is 0 Å². The number of hydrogen-bond acceptors (Lipinski definition) is 6. The molecule has 8 nitrogen and oxygen atoms in total. The number of carboxylic acids is 1. The number of ether oxygens (including phenoxy) is 1. The molecule has 0 aliphatic carbocycles. The summed E-state index contributed by atoms with van der Waals surface area (Å²) in [5, 5.41) is 20.4. The largest absolute Gasteiger partial charge is 0.480 e. The normalized spacial score (nSPS) is 11.7. The van der Waals surface area contributed by atoms with Crippen molar-refractivity contribution in [1.29, 1.82) is 0 Å². The molecule has 0 fully saturated rings. The number of amidine groups is 1. The van der Waals surface area contributed by atoms with Crippen LogP contribution in [0.25, 0.3) is 0 Å². The van der Waals surface area contributed by atoms with Crippen LogP contribution in [0, 0.1) is 0 Å². The maximum absolute atomic E-state index is 10.7. The van der Waals surface area contributed by atoms with Crippen molar-refractivity contribution < 1.29 is 24.6 Å². The van der Waals surface area contributed by atoms with E-state index < -0.39 is 18.0 Å². The fraction of sp³-hybridized carbons (Fsp3) is 0.727. The Balaban J connectivity index is -0.00000162. The molecular weight excluding hydrogens is 325 g/mol. The van der Waals surface area contributed by atoms with Crippen LogP contribution in [-0.4, -0.2) is 52.3 Å². The van der Waals surface area contributed by atoms with Gasteiger partial charge in [0.05, 0.1) is 0 Å². The van der Waals surface area contributed by atoms with Gasteiger partial charge in [0.1, 0.15) is 11.9 Å². The Kier molecular flexibility index (Phi) is 16.2.